The molecule has 2 aromatic heterocycles. The molecule has 0 spiro atoms. The molecule has 0 radical (unpaired) electrons. The molecule has 0 unspecified atom stereocenters. The molecule has 0 atom stereocenters. The van der Waals surface area contributed by atoms with Crippen molar-refractivity contribution in [2.24, 2.45) is 14.1 Å². The number of carbonyl (C=O) groups excluding carboxylic acids is 1. The quantitative estimate of drug-likeness (QED) is 0.705. The number of aryl methyl sites for hydroxylation is 3. The van der Waals surface area contributed by atoms with Crippen molar-refractivity contribution in [3.8, 4) is 11.4 Å². The van der Waals surface area contributed by atoms with E-state index in [0.717, 1.165) is 17.0 Å². The molecule has 130 valence electrons. The van der Waals surface area contributed by atoms with Crippen LogP contribution in [0.15, 0.2) is 24.5 Å². The maximum atomic E-state index is 12.1. The van der Waals surface area contributed by atoms with Gasteiger partial charge in [0, 0.05) is 31.3 Å². The van der Waals surface area contributed by atoms with Gasteiger partial charge in [-0.05, 0) is 23.8 Å². The zero-order valence-corrected chi connectivity index (χ0v) is 14.3. The Morgan fingerprint density at radius 2 is 2.12 bits per heavy atom. The lowest BCUT2D eigenvalue weighted by atomic mass is 10.1. The Balaban J connectivity index is 1.61. The monoisotopic (exact) mass is 341 g/mol. The number of urea groups is 1. The van der Waals surface area contributed by atoms with Gasteiger partial charge in [-0.25, -0.2) is 9.78 Å². The fraction of sp³-hybridized carbons (Fsp3) is 0.333. The number of rotatable bonds is 5. The van der Waals surface area contributed by atoms with Crippen LogP contribution < -0.4 is 10.6 Å². The highest BCUT2D eigenvalue weighted by Crippen LogP contribution is 2.22. The van der Waals surface area contributed by atoms with Crippen LogP contribution in [-0.4, -0.2) is 47.5 Å². The van der Waals surface area contributed by atoms with Crippen molar-refractivity contribution in [1.29, 1.82) is 0 Å². The summed E-state index contributed by atoms with van der Waals surface area (Å²) < 4.78 is 1.68. The van der Waals surface area contributed by atoms with Gasteiger partial charge in [0.2, 0.25) is 5.82 Å². The lowest BCUT2D eigenvalue weighted by Crippen LogP contribution is -2.31. The number of hydrogen-bond acceptors (Lipinski definition) is 6. The Morgan fingerprint density at radius 3 is 2.80 bits per heavy atom. The number of tetrazole rings is 1. The molecule has 0 fully saturated rings. The summed E-state index contributed by atoms with van der Waals surface area (Å²) in [5, 5.41) is 21.6. The van der Waals surface area contributed by atoms with Gasteiger partial charge in [-0.3, -0.25) is 4.68 Å². The molecule has 10 nitrogen and oxygen atoms in total. The molecule has 0 saturated heterocycles. The SMILES string of the molecule is Cc1ccc(-c2nnn(C)n2)cc1NC(=O)NCCc1ncnn1C. The standard InChI is InChI=1S/C15H19N9O/c1-10-4-5-11(14-20-22-24(3)21-14)8-12(10)19-15(25)16-7-6-13-17-9-18-23(13)2/h4-5,8-9H,6-7H2,1-3H3,(H2,16,19,25). The molecule has 0 aliphatic rings. The first-order chi connectivity index (χ1) is 12.0. The van der Waals surface area contributed by atoms with Crippen LogP contribution >= 0.6 is 0 Å². The van der Waals surface area contributed by atoms with Crippen LogP contribution in [0.4, 0.5) is 10.5 Å². The lowest BCUT2D eigenvalue weighted by molar-refractivity contribution is 0.252. The minimum atomic E-state index is -0.283. The number of nitrogens with one attached hydrogen (secondary N) is 2. The average molecular weight is 341 g/mol. The number of hydrogen-bond donors (Lipinski definition) is 2. The van der Waals surface area contributed by atoms with Crippen LogP contribution in [0.3, 0.4) is 0 Å². The van der Waals surface area contributed by atoms with Gasteiger partial charge in [0.1, 0.15) is 12.2 Å². The molecular weight excluding hydrogens is 322 g/mol. The fourth-order valence-corrected chi connectivity index (χ4v) is 2.30. The number of carbonyl (C=O) groups is 1. The summed E-state index contributed by atoms with van der Waals surface area (Å²) in [5.74, 6) is 1.32. The van der Waals surface area contributed by atoms with Gasteiger partial charge in [-0.2, -0.15) is 9.90 Å². The Labute approximate surface area is 144 Å². The van der Waals surface area contributed by atoms with Gasteiger partial charge >= 0.3 is 6.03 Å². The second-order valence-corrected chi connectivity index (χ2v) is 5.56. The number of nitrogens with zero attached hydrogens (tertiary/aromatic N) is 7. The minimum absolute atomic E-state index is 0.283. The van der Waals surface area contributed by atoms with Gasteiger partial charge < -0.3 is 10.6 Å². The van der Waals surface area contributed by atoms with E-state index in [1.165, 1.54) is 11.1 Å². The van der Waals surface area contributed by atoms with Gasteiger partial charge in [0.15, 0.2) is 0 Å². The van der Waals surface area contributed by atoms with Crippen LogP contribution in [-0.2, 0) is 20.5 Å². The van der Waals surface area contributed by atoms with Crippen LogP contribution in [0, 0.1) is 6.92 Å². The summed E-state index contributed by atoms with van der Waals surface area (Å²) in [6.45, 7) is 2.38. The summed E-state index contributed by atoms with van der Waals surface area (Å²) in [4.78, 5) is 17.6. The molecule has 10 heteroatoms. The molecule has 3 rings (SSSR count). The van der Waals surface area contributed by atoms with E-state index in [4.69, 9.17) is 0 Å². The van der Waals surface area contributed by atoms with E-state index in [-0.39, 0.29) is 6.03 Å². The van der Waals surface area contributed by atoms with E-state index in [1.807, 2.05) is 32.2 Å². The smallest absolute Gasteiger partial charge is 0.319 e. The van der Waals surface area contributed by atoms with Crippen molar-refractivity contribution >= 4 is 11.7 Å². The molecule has 0 aliphatic heterocycles. The molecule has 25 heavy (non-hydrogen) atoms. The van der Waals surface area contributed by atoms with Gasteiger partial charge in [0.05, 0.1) is 7.05 Å². The molecule has 0 aliphatic carbocycles. The summed E-state index contributed by atoms with van der Waals surface area (Å²) >= 11 is 0. The van der Waals surface area contributed by atoms with Crippen LogP contribution in [0.1, 0.15) is 11.4 Å². The van der Waals surface area contributed by atoms with Gasteiger partial charge in [-0.15, -0.1) is 10.2 Å². The van der Waals surface area contributed by atoms with Crippen molar-refractivity contribution in [3.63, 3.8) is 0 Å². The first kappa shape index (κ1) is 16.6. The molecule has 2 amide bonds. The van der Waals surface area contributed by atoms with Gasteiger partial charge in [-0.1, -0.05) is 12.1 Å². The number of amides is 2. The molecule has 3 aromatic rings. The predicted molar refractivity (Wildman–Crippen MR) is 90.7 cm³/mol. The lowest BCUT2D eigenvalue weighted by Gasteiger charge is -2.10. The first-order valence-electron chi connectivity index (χ1n) is 7.75. The zero-order chi connectivity index (χ0) is 17.8. The summed E-state index contributed by atoms with van der Waals surface area (Å²) in [7, 11) is 3.52. The summed E-state index contributed by atoms with van der Waals surface area (Å²) in [6.07, 6.45) is 2.09. The van der Waals surface area contributed by atoms with Crippen molar-refractivity contribution in [2.45, 2.75) is 13.3 Å². The maximum absolute atomic E-state index is 12.1. The molecule has 2 heterocycles. The van der Waals surface area contributed by atoms with E-state index >= 15 is 0 Å². The van der Waals surface area contributed by atoms with Crippen molar-refractivity contribution < 1.29 is 4.79 Å². The molecular formula is C15H19N9O. The fourth-order valence-electron chi connectivity index (χ4n) is 2.30. The summed E-state index contributed by atoms with van der Waals surface area (Å²) in [5.41, 5.74) is 2.42. The number of benzene rings is 1. The second kappa shape index (κ2) is 7.07. The van der Waals surface area contributed by atoms with E-state index < -0.39 is 0 Å². The highest BCUT2D eigenvalue weighted by molar-refractivity contribution is 5.90. The van der Waals surface area contributed by atoms with Gasteiger partial charge in [0.25, 0.3) is 0 Å². The largest absolute Gasteiger partial charge is 0.337 e. The third-order valence-electron chi connectivity index (χ3n) is 3.69. The topological polar surface area (TPSA) is 115 Å². The van der Waals surface area contributed by atoms with E-state index in [0.29, 0.717) is 24.5 Å². The van der Waals surface area contributed by atoms with E-state index in [9.17, 15) is 4.79 Å². The van der Waals surface area contributed by atoms with Crippen molar-refractivity contribution in [2.75, 3.05) is 11.9 Å². The molecule has 0 saturated carbocycles. The van der Waals surface area contributed by atoms with Crippen LogP contribution in [0.25, 0.3) is 11.4 Å². The Bertz CT molecular complexity index is 883. The van der Waals surface area contributed by atoms with Crippen molar-refractivity contribution in [3.05, 3.63) is 35.9 Å². The molecule has 0 bridgehead atoms. The van der Waals surface area contributed by atoms with E-state index in [2.05, 4.69) is 36.1 Å². The maximum Gasteiger partial charge on any atom is 0.319 e. The number of aromatic nitrogens is 7. The van der Waals surface area contributed by atoms with E-state index in [1.54, 1.807) is 11.7 Å². The molecule has 1 aromatic carbocycles. The minimum Gasteiger partial charge on any atom is -0.337 e. The third-order valence-corrected chi connectivity index (χ3v) is 3.69. The Hall–Kier alpha value is -3.30. The normalized spacial score (nSPS) is 10.7. The predicted octanol–water partition coefficient (Wildman–Crippen LogP) is 0.678. The highest BCUT2D eigenvalue weighted by atomic mass is 16.2. The third kappa shape index (κ3) is 3.97. The van der Waals surface area contributed by atoms with Crippen molar-refractivity contribution in [1.82, 2.24) is 40.3 Å². The van der Waals surface area contributed by atoms with Crippen LogP contribution in [0.5, 0.6) is 0 Å². The second-order valence-electron chi connectivity index (χ2n) is 5.56. The summed E-state index contributed by atoms with van der Waals surface area (Å²) in [6, 6.07) is 5.34. The number of anilines is 1. The molecule has 2 N–H and O–H groups in total. The Kier molecular flexibility index (Phi) is 4.68. The average Bonchev–Trinajstić information content (AvgIpc) is 3.18. The zero-order valence-electron chi connectivity index (χ0n) is 14.3. The Morgan fingerprint density at radius 1 is 1.28 bits per heavy atom. The first-order valence-corrected chi connectivity index (χ1v) is 7.75. The highest BCUT2D eigenvalue weighted by Gasteiger charge is 2.10. The van der Waals surface area contributed by atoms with Crippen LogP contribution in [0.2, 0.25) is 0 Å².